The fourth-order valence-electron chi connectivity index (χ4n) is 1.73. The first-order valence-corrected chi connectivity index (χ1v) is 7.60. The van der Waals surface area contributed by atoms with Gasteiger partial charge in [-0.1, -0.05) is 13.3 Å². The Labute approximate surface area is 121 Å². The number of hydrogen-bond acceptors (Lipinski definition) is 2. The third kappa shape index (κ3) is 5.45. The average molecular weight is 305 g/mol. The smallest absolute Gasteiger partial charge is 0.330 e. The molecule has 0 aliphatic carbocycles. The van der Waals surface area contributed by atoms with E-state index in [2.05, 4.69) is 0 Å². The summed E-state index contributed by atoms with van der Waals surface area (Å²) in [5, 5.41) is 0. The van der Waals surface area contributed by atoms with Crippen LogP contribution in [0.25, 0.3) is 0 Å². The molecule has 0 radical (unpaired) electrons. The van der Waals surface area contributed by atoms with Crippen LogP contribution in [0.2, 0.25) is 0 Å². The van der Waals surface area contributed by atoms with Crippen LogP contribution in [0.15, 0.2) is 29.2 Å². The van der Waals surface area contributed by atoms with Gasteiger partial charge in [0.15, 0.2) is 0 Å². The van der Waals surface area contributed by atoms with Crippen LogP contribution in [0.5, 0.6) is 0 Å². The lowest BCUT2D eigenvalue weighted by molar-refractivity contribution is -0.140. The zero-order valence-electron chi connectivity index (χ0n) is 11.5. The van der Waals surface area contributed by atoms with E-state index in [9.17, 15) is 18.0 Å². The van der Waals surface area contributed by atoms with Gasteiger partial charge in [-0.25, -0.2) is 0 Å². The molecule has 0 N–H and O–H groups in total. The first-order valence-electron chi connectivity index (χ1n) is 6.37. The van der Waals surface area contributed by atoms with Crippen molar-refractivity contribution in [3.8, 4) is 0 Å². The van der Waals surface area contributed by atoms with Crippen LogP contribution >= 0.6 is 11.8 Å². The predicted molar refractivity (Wildman–Crippen MR) is 75.1 cm³/mol. The minimum atomic E-state index is -4.37. The number of hydrogen-bond donors (Lipinski definition) is 0. The standard InChI is InChI=1S/C14H18F3NOS/c1-3-4-9-18(10-14(15,16)17)13(19)11-5-7-12(20-2)8-6-11/h5-8H,3-4,9-10H2,1-2H3. The Hall–Kier alpha value is -1.17. The van der Waals surface area contributed by atoms with Crippen LogP contribution in [0.3, 0.4) is 0 Å². The Kier molecular flexibility index (Phi) is 6.39. The number of rotatable bonds is 6. The third-order valence-electron chi connectivity index (χ3n) is 2.78. The Morgan fingerprint density at radius 2 is 1.85 bits per heavy atom. The van der Waals surface area contributed by atoms with E-state index >= 15 is 0 Å². The fourth-order valence-corrected chi connectivity index (χ4v) is 2.14. The molecule has 1 aromatic rings. The van der Waals surface area contributed by atoms with E-state index in [1.807, 2.05) is 13.2 Å². The second-order valence-electron chi connectivity index (χ2n) is 4.42. The Bertz CT molecular complexity index is 431. The third-order valence-corrected chi connectivity index (χ3v) is 3.52. The number of carbonyl (C=O) groups excluding carboxylic acids is 1. The Balaban J connectivity index is 2.84. The number of benzene rings is 1. The summed E-state index contributed by atoms with van der Waals surface area (Å²) in [6.07, 6.45) is -1.17. The number of amides is 1. The maximum atomic E-state index is 12.5. The van der Waals surface area contributed by atoms with Crippen molar-refractivity contribution in [3.63, 3.8) is 0 Å². The Morgan fingerprint density at radius 3 is 2.30 bits per heavy atom. The molecule has 1 aromatic carbocycles. The highest BCUT2D eigenvalue weighted by Crippen LogP contribution is 2.20. The van der Waals surface area contributed by atoms with Gasteiger partial charge < -0.3 is 4.90 Å². The van der Waals surface area contributed by atoms with Gasteiger partial charge in [0.2, 0.25) is 0 Å². The van der Waals surface area contributed by atoms with Crippen LogP contribution in [0.4, 0.5) is 13.2 Å². The van der Waals surface area contributed by atoms with E-state index < -0.39 is 18.6 Å². The summed E-state index contributed by atoms with van der Waals surface area (Å²) in [7, 11) is 0. The van der Waals surface area contributed by atoms with E-state index in [0.29, 0.717) is 12.0 Å². The molecule has 0 unspecified atom stereocenters. The molecule has 2 nitrogen and oxygen atoms in total. The van der Waals surface area contributed by atoms with Gasteiger partial charge >= 0.3 is 6.18 Å². The largest absolute Gasteiger partial charge is 0.406 e. The molecule has 0 saturated heterocycles. The lowest BCUT2D eigenvalue weighted by Crippen LogP contribution is -2.39. The molecule has 0 fully saturated rings. The minimum Gasteiger partial charge on any atom is -0.330 e. The zero-order valence-corrected chi connectivity index (χ0v) is 12.4. The SMILES string of the molecule is CCCCN(CC(F)(F)F)C(=O)c1ccc(SC)cc1. The topological polar surface area (TPSA) is 20.3 Å². The van der Waals surface area contributed by atoms with Crippen molar-refractivity contribution >= 4 is 17.7 Å². The highest BCUT2D eigenvalue weighted by atomic mass is 32.2. The maximum Gasteiger partial charge on any atom is 0.406 e. The zero-order chi connectivity index (χ0) is 15.2. The first kappa shape index (κ1) is 16.9. The van der Waals surface area contributed by atoms with Gasteiger partial charge in [0.1, 0.15) is 6.54 Å². The highest BCUT2D eigenvalue weighted by molar-refractivity contribution is 7.98. The normalized spacial score (nSPS) is 11.4. The van der Waals surface area contributed by atoms with Crippen molar-refractivity contribution < 1.29 is 18.0 Å². The lowest BCUT2D eigenvalue weighted by atomic mass is 10.2. The summed E-state index contributed by atoms with van der Waals surface area (Å²) in [4.78, 5) is 14.0. The molecule has 0 saturated carbocycles. The molecule has 6 heteroatoms. The van der Waals surface area contributed by atoms with Crippen molar-refractivity contribution in [2.24, 2.45) is 0 Å². The van der Waals surface area contributed by atoms with Crippen LogP contribution in [-0.4, -0.2) is 36.3 Å². The summed E-state index contributed by atoms with van der Waals surface area (Å²) < 4.78 is 37.6. The second-order valence-corrected chi connectivity index (χ2v) is 5.30. The molecular formula is C14H18F3NOS. The van der Waals surface area contributed by atoms with Gasteiger partial charge in [-0.3, -0.25) is 4.79 Å². The van der Waals surface area contributed by atoms with Crippen molar-refractivity contribution in [2.75, 3.05) is 19.3 Å². The predicted octanol–water partition coefficient (Wildman–Crippen LogP) is 4.21. The molecule has 0 heterocycles. The number of thioether (sulfide) groups is 1. The first-order chi connectivity index (χ1) is 9.37. The molecule has 20 heavy (non-hydrogen) atoms. The summed E-state index contributed by atoms with van der Waals surface area (Å²) >= 11 is 1.52. The number of halogens is 3. The van der Waals surface area contributed by atoms with Crippen LogP contribution in [0, 0.1) is 0 Å². The molecule has 0 bridgehead atoms. The number of nitrogens with zero attached hydrogens (tertiary/aromatic N) is 1. The van der Waals surface area contributed by atoms with Gasteiger partial charge in [-0.05, 0) is 36.9 Å². The van der Waals surface area contributed by atoms with E-state index in [-0.39, 0.29) is 6.54 Å². The van der Waals surface area contributed by atoms with Crippen LogP contribution in [0.1, 0.15) is 30.1 Å². The van der Waals surface area contributed by atoms with Gasteiger partial charge in [0, 0.05) is 17.0 Å². The van der Waals surface area contributed by atoms with Crippen molar-refractivity contribution in [3.05, 3.63) is 29.8 Å². The Morgan fingerprint density at radius 1 is 1.25 bits per heavy atom. The van der Waals surface area contributed by atoms with Crippen LogP contribution in [-0.2, 0) is 0 Å². The van der Waals surface area contributed by atoms with E-state index in [4.69, 9.17) is 0 Å². The lowest BCUT2D eigenvalue weighted by Gasteiger charge is -2.24. The summed E-state index contributed by atoms with van der Waals surface area (Å²) in [5.41, 5.74) is 0.295. The molecule has 1 amide bonds. The van der Waals surface area contributed by atoms with Crippen LogP contribution < -0.4 is 0 Å². The average Bonchev–Trinajstić information content (AvgIpc) is 2.41. The van der Waals surface area contributed by atoms with Gasteiger partial charge in [-0.2, -0.15) is 13.2 Å². The van der Waals surface area contributed by atoms with Crippen molar-refractivity contribution in [1.29, 1.82) is 0 Å². The summed E-state index contributed by atoms with van der Waals surface area (Å²) in [5.74, 6) is -0.566. The van der Waals surface area contributed by atoms with Crippen molar-refractivity contribution in [1.82, 2.24) is 4.90 Å². The molecule has 0 aliphatic heterocycles. The van der Waals surface area contributed by atoms with E-state index in [1.54, 1.807) is 24.3 Å². The van der Waals surface area contributed by atoms with E-state index in [1.165, 1.54) is 11.8 Å². The minimum absolute atomic E-state index is 0.124. The van der Waals surface area contributed by atoms with Crippen molar-refractivity contribution in [2.45, 2.75) is 30.8 Å². The molecule has 0 spiro atoms. The molecular weight excluding hydrogens is 287 g/mol. The number of carbonyl (C=O) groups is 1. The summed E-state index contributed by atoms with van der Waals surface area (Å²) in [6.45, 7) is 0.804. The van der Waals surface area contributed by atoms with E-state index in [0.717, 1.165) is 16.2 Å². The molecule has 0 aromatic heterocycles. The quantitative estimate of drug-likeness (QED) is 0.734. The number of alkyl halides is 3. The fraction of sp³-hybridized carbons (Fsp3) is 0.500. The highest BCUT2D eigenvalue weighted by Gasteiger charge is 2.33. The number of unbranched alkanes of at least 4 members (excludes halogenated alkanes) is 1. The second kappa shape index (κ2) is 7.57. The van der Waals surface area contributed by atoms with Gasteiger partial charge in [0.05, 0.1) is 0 Å². The molecule has 112 valence electrons. The molecule has 0 aliphatic rings. The summed E-state index contributed by atoms with van der Waals surface area (Å²) in [6, 6.07) is 6.62. The monoisotopic (exact) mass is 305 g/mol. The van der Waals surface area contributed by atoms with Gasteiger partial charge in [-0.15, -0.1) is 11.8 Å². The molecule has 1 rings (SSSR count). The maximum absolute atomic E-state index is 12.5. The molecule has 0 atom stereocenters. The van der Waals surface area contributed by atoms with Gasteiger partial charge in [0.25, 0.3) is 5.91 Å².